The number of nitrogens with zero attached hydrogens (tertiary/aromatic N) is 3. The summed E-state index contributed by atoms with van der Waals surface area (Å²) >= 11 is 0. The summed E-state index contributed by atoms with van der Waals surface area (Å²) in [5.41, 5.74) is 16.1. The first-order chi connectivity index (χ1) is 28.7. The molecule has 9 aromatic rings. The maximum absolute atomic E-state index is 9.51. The highest BCUT2D eigenvalue weighted by molar-refractivity contribution is 5.91. The number of aromatic nitrogens is 2. The molecule has 11 rings (SSSR count). The zero-order chi connectivity index (χ0) is 38.6. The van der Waals surface area contributed by atoms with E-state index in [2.05, 4.69) is 146 Å². The van der Waals surface area contributed by atoms with Crippen LogP contribution < -0.4 is 4.74 Å². The zero-order valence-electron chi connectivity index (χ0n) is 31.3. The Bertz CT molecular complexity index is 2970. The van der Waals surface area contributed by atoms with E-state index in [0.29, 0.717) is 11.4 Å². The van der Waals surface area contributed by atoms with Crippen LogP contribution in [0.15, 0.2) is 200 Å². The predicted molar refractivity (Wildman–Crippen MR) is 231 cm³/mol. The summed E-state index contributed by atoms with van der Waals surface area (Å²) in [4.78, 5) is 10.1. The third-order valence-electron chi connectivity index (χ3n) is 11.6. The van der Waals surface area contributed by atoms with Gasteiger partial charge in [0.2, 0.25) is 0 Å². The molecule has 0 atom stereocenters. The number of hydrogen-bond acceptors (Lipinski definition) is 4. The first kappa shape index (κ1) is 33.5. The van der Waals surface area contributed by atoms with Gasteiger partial charge in [0.25, 0.3) is 0 Å². The monoisotopic (exact) mass is 739 g/mol. The quantitative estimate of drug-likeness (QED) is 0.176. The van der Waals surface area contributed by atoms with E-state index in [9.17, 15) is 5.26 Å². The van der Waals surface area contributed by atoms with Crippen LogP contribution in [0.3, 0.4) is 0 Å². The molecule has 0 saturated heterocycles. The van der Waals surface area contributed by atoms with Gasteiger partial charge in [0, 0.05) is 33.4 Å². The van der Waals surface area contributed by atoms with Gasteiger partial charge in [-0.2, -0.15) is 5.26 Å². The number of rotatable bonds is 5. The van der Waals surface area contributed by atoms with E-state index in [1.165, 1.54) is 22.3 Å². The number of ether oxygens (including phenoxy) is 1. The van der Waals surface area contributed by atoms with Crippen molar-refractivity contribution in [3.63, 3.8) is 0 Å². The van der Waals surface area contributed by atoms with Crippen LogP contribution in [0.4, 0.5) is 0 Å². The van der Waals surface area contributed by atoms with Crippen molar-refractivity contribution >= 4 is 0 Å². The molecule has 0 radical (unpaired) electrons. The largest absolute Gasteiger partial charge is 0.456 e. The molecule has 4 nitrogen and oxygen atoms in total. The maximum Gasteiger partial charge on any atom is 0.160 e. The lowest BCUT2D eigenvalue weighted by Gasteiger charge is -2.40. The molecule has 1 spiro atoms. The minimum Gasteiger partial charge on any atom is -0.456 e. The van der Waals surface area contributed by atoms with Gasteiger partial charge in [0.1, 0.15) is 11.5 Å². The highest BCUT2D eigenvalue weighted by atomic mass is 16.5. The summed E-state index contributed by atoms with van der Waals surface area (Å²) in [6.45, 7) is 0. The molecule has 2 heterocycles. The Morgan fingerprint density at radius 3 is 1.57 bits per heavy atom. The molecule has 270 valence electrons. The SMILES string of the molecule is N#Cc1ccc(-c2cccc3c2Oc2ccc(-c4ccc(-c5cc(-c6ccccc6)nc(-c6ccccc6)n5)cc4)cc2C32c3ccccc3-c3ccccc32)cc1. The highest BCUT2D eigenvalue weighted by Gasteiger charge is 2.51. The average Bonchev–Trinajstić information content (AvgIpc) is 3.60. The standard InChI is InChI=1S/C54H33N3O/c55-34-35-22-24-37(25-23-35)42-18-11-21-47-52(42)58-51-31-30-41(32-48(51)54(47)45-19-9-7-16-43(45)44-17-8-10-20-46(44)54)36-26-28-39(29-27-36)50-33-49(38-12-3-1-4-13-38)56-53(57-50)40-14-5-2-6-15-40/h1-33H. The molecule has 1 aliphatic carbocycles. The van der Waals surface area contributed by atoms with Gasteiger partial charge in [0.15, 0.2) is 5.82 Å². The number of benzene rings is 8. The molecule has 2 aliphatic rings. The summed E-state index contributed by atoms with van der Waals surface area (Å²) in [5.74, 6) is 2.35. The molecular weight excluding hydrogens is 707 g/mol. The molecule has 0 N–H and O–H groups in total. The number of fused-ring (bicyclic) bond motifs is 9. The van der Waals surface area contributed by atoms with Gasteiger partial charge >= 0.3 is 0 Å². The Labute approximate surface area is 337 Å². The Kier molecular flexibility index (Phi) is 7.74. The van der Waals surface area contributed by atoms with Crippen LogP contribution in [0.25, 0.3) is 67.3 Å². The van der Waals surface area contributed by atoms with E-state index < -0.39 is 5.41 Å². The molecule has 4 heteroatoms. The second-order valence-corrected chi connectivity index (χ2v) is 14.8. The van der Waals surface area contributed by atoms with Gasteiger partial charge in [-0.25, -0.2) is 9.97 Å². The van der Waals surface area contributed by atoms with Crippen LogP contribution in [0.5, 0.6) is 11.5 Å². The molecule has 0 unspecified atom stereocenters. The van der Waals surface area contributed by atoms with E-state index in [1.54, 1.807) is 0 Å². The number of nitriles is 1. The predicted octanol–water partition coefficient (Wildman–Crippen LogP) is 13.2. The molecule has 1 aliphatic heterocycles. The van der Waals surface area contributed by atoms with Gasteiger partial charge in [-0.3, -0.25) is 0 Å². The fourth-order valence-electron chi connectivity index (χ4n) is 8.96. The van der Waals surface area contributed by atoms with E-state index in [1.807, 2.05) is 60.7 Å². The minimum atomic E-state index is -0.628. The molecular formula is C54H33N3O. The summed E-state index contributed by atoms with van der Waals surface area (Å²) < 4.78 is 7.02. The second kappa shape index (κ2) is 13.4. The van der Waals surface area contributed by atoms with Gasteiger partial charge in [0.05, 0.1) is 28.4 Å². The smallest absolute Gasteiger partial charge is 0.160 e. The Morgan fingerprint density at radius 2 is 0.914 bits per heavy atom. The van der Waals surface area contributed by atoms with Crippen LogP contribution in [0, 0.1) is 11.3 Å². The van der Waals surface area contributed by atoms with Crippen molar-refractivity contribution in [1.82, 2.24) is 9.97 Å². The summed E-state index contributed by atoms with van der Waals surface area (Å²) in [5, 5.41) is 9.51. The van der Waals surface area contributed by atoms with Crippen LogP contribution in [-0.2, 0) is 5.41 Å². The average molecular weight is 740 g/mol. The first-order valence-electron chi connectivity index (χ1n) is 19.5. The van der Waals surface area contributed by atoms with Crippen LogP contribution in [-0.4, -0.2) is 9.97 Å². The summed E-state index contributed by atoms with van der Waals surface area (Å²) in [7, 11) is 0. The molecule has 0 saturated carbocycles. The fourth-order valence-corrected chi connectivity index (χ4v) is 8.96. The Balaban J connectivity index is 1.06. The Hall–Kier alpha value is -7.87. The lowest BCUT2D eigenvalue weighted by atomic mass is 9.65. The van der Waals surface area contributed by atoms with E-state index in [4.69, 9.17) is 14.7 Å². The summed E-state index contributed by atoms with van der Waals surface area (Å²) in [6, 6.07) is 71.9. The third kappa shape index (κ3) is 5.22. The normalized spacial score (nSPS) is 12.7. The molecule has 0 fully saturated rings. The van der Waals surface area contributed by atoms with Gasteiger partial charge in [-0.1, -0.05) is 170 Å². The van der Waals surface area contributed by atoms with Crippen LogP contribution in [0.2, 0.25) is 0 Å². The van der Waals surface area contributed by atoms with Crippen molar-refractivity contribution < 1.29 is 4.74 Å². The highest BCUT2D eigenvalue weighted by Crippen LogP contribution is 2.63. The van der Waals surface area contributed by atoms with Crippen molar-refractivity contribution in [3.8, 4) is 84.9 Å². The van der Waals surface area contributed by atoms with Gasteiger partial charge < -0.3 is 4.74 Å². The molecule has 0 bridgehead atoms. The molecule has 0 amide bonds. The number of hydrogen-bond donors (Lipinski definition) is 0. The van der Waals surface area contributed by atoms with Crippen molar-refractivity contribution in [2.24, 2.45) is 0 Å². The van der Waals surface area contributed by atoms with Crippen LogP contribution >= 0.6 is 0 Å². The summed E-state index contributed by atoms with van der Waals surface area (Å²) in [6.07, 6.45) is 0. The van der Waals surface area contributed by atoms with Crippen LogP contribution in [0.1, 0.15) is 27.8 Å². The fraction of sp³-hybridized carbons (Fsp3) is 0.0185. The second-order valence-electron chi connectivity index (χ2n) is 14.8. The zero-order valence-corrected chi connectivity index (χ0v) is 31.3. The number of para-hydroxylation sites is 1. The van der Waals surface area contributed by atoms with E-state index in [-0.39, 0.29) is 0 Å². The van der Waals surface area contributed by atoms with E-state index in [0.717, 1.165) is 73.0 Å². The van der Waals surface area contributed by atoms with Gasteiger partial charge in [-0.15, -0.1) is 0 Å². The third-order valence-corrected chi connectivity index (χ3v) is 11.6. The van der Waals surface area contributed by atoms with E-state index >= 15 is 0 Å². The Morgan fingerprint density at radius 1 is 0.397 bits per heavy atom. The van der Waals surface area contributed by atoms with Crippen molar-refractivity contribution in [1.29, 1.82) is 5.26 Å². The first-order valence-corrected chi connectivity index (χ1v) is 19.5. The molecule has 1 aromatic heterocycles. The maximum atomic E-state index is 9.51. The molecule has 8 aromatic carbocycles. The lowest BCUT2D eigenvalue weighted by Crippen LogP contribution is -2.32. The van der Waals surface area contributed by atoms with Crippen molar-refractivity contribution in [3.05, 3.63) is 228 Å². The van der Waals surface area contributed by atoms with Gasteiger partial charge in [-0.05, 0) is 69.3 Å². The minimum absolute atomic E-state index is 0.626. The topological polar surface area (TPSA) is 58.8 Å². The van der Waals surface area contributed by atoms with Crippen molar-refractivity contribution in [2.75, 3.05) is 0 Å². The van der Waals surface area contributed by atoms with Crippen molar-refractivity contribution in [2.45, 2.75) is 5.41 Å². The molecule has 58 heavy (non-hydrogen) atoms. The lowest BCUT2D eigenvalue weighted by molar-refractivity contribution is 0.438.